The van der Waals surface area contributed by atoms with E-state index < -0.39 is 21.9 Å². The molecule has 8 nitrogen and oxygen atoms in total. The number of nitrogens with one attached hydrogen (secondary N) is 1. The number of carboxylic acid groups (broad SMARTS) is 1. The fraction of sp³-hybridized carbons (Fsp3) is 0.700. The Balaban J connectivity index is 2.96. The van der Waals surface area contributed by atoms with Gasteiger partial charge in [0.2, 0.25) is 16.0 Å². The predicted molar refractivity (Wildman–Crippen MR) is 69.2 cm³/mol. The molecule has 1 aromatic rings. The number of H-pyrrole nitrogens is 1. The first-order valence-electron chi connectivity index (χ1n) is 5.97. The molecule has 108 valence electrons. The fourth-order valence-corrected chi connectivity index (χ4v) is 3.09. The number of aromatic nitrogens is 3. The Bertz CT molecular complexity index is 500. The van der Waals surface area contributed by atoms with Gasteiger partial charge < -0.3 is 5.11 Å². The lowest BCUT2D eigenvalue weighted by Crippen LogP contribution is -2.39. The van der Waals surface area contributed by atoms with Crippen molar-refractivity contribution in [3.8, 4) is 0 Å². The van der Waals surface area contributed by atoms with E-state index in [1.54, 1.807) is 0 Å². The summed E-state index contributed by atoms with van der Waals surface area (Å²) >= 11 is 0. The molecule has 2 N–H and O–H groups in total. The lowest BCUT2D eigenvalue weighted by Gasteiger charge is -2.23. The Kier molecular flexibility index (Phi) is 5.28. The molecule has 0 aliphatic rings. The summed E-state index contributed by atoms with van der Waals surface area (Å²) in [6, 6.07) is 0. The number of aliphatic carboxylic acids is 1. The highest BCUT2D eigenvalue weighted by molar-refractivity contribution is 7.92. The maximum atomic E-state index is 12.2. The van der Waals surface area contributed by atoms with Crippen molar-refractivity contribution in [1.82, 2.24) is 15.2 Å². The van der Waals surface area contributed by atoms with Crippen molar-refractivity contribution in [3.63, 3.8) is 0 Å². The molecule has 0 aliphatic carbocycles. The fourth-order valence-electron chi connectivity index (χ4n) is 1.41. The van der Waals surface area contributed by atoms with Crippen LogP contribution in [0.25, 0.3) is 0 Å². The highest BCUT2D eigenvalue weighted by Gasteiger charge is 2.28. The van der Waals surface area contributed by atoms with E-state index in [1.165, 1.54) is 13.3 Å². The Morgan fingerprint density at radius 2 is 2.26 bits per heavy atom. The van der Waals surface area contributed by atoms with Crippen LogP contribution in [-0.4, -0.2) is 47.0 Å². The van der Waals surface area contributed by atoms with E-state index in [2.05, 4.69) is 15.2 Å². The van der Waals surface area contributed by atoms with E-state index in [1.807, 2.05) is 6.92 Å². The van der Waals surface area contributed by atoms with Crippen LogP contribution in [0.5, 0.6) is 0 Å². The van der Waals surface area contributed by atoms with E-state index in [0.29, 0.717) is 6.42 Å². The van der Waals surface area contributed by atoms with E-state index >= 15 is 0 Å². The minimum Gasteiger partial charge on any atom is -0.481 e. The number of rotatable bonds is 8. The second kappa shape index (κ2) is 6.50. The minimum atomic E-state index is -3.60. The highest BCUT2D eigenvalue weighted by atomic mass is 32.2. The Hall–Kier alpha value is -1.64. The molecule has 0 bridgehead atoms. The molecule has 0 radical (unpaired) electrons. The third-order valence-electron chi connectivity index (χ3n) is 2.59. The standard InChI is InChI=1S/C10H18N4O4S/c1-3-4-5-19(17,18)14(6-8(2)9(15)16)10-11-7-12-13-10/h7-8H,3-6H2,1-2H3,(H,15,16)(H,11,12,13). The summed E-state index contributed by atoms with van der Waals surface area (Å²) in [4.78, 5) is 14.7. The number of aromatic amines is 1. The van der Waals surface area contributed by atoms with E-state index in [9.17, 15) is 13.2 Å². The van der Waals surface area contributed by atoms with Crippen molar-refractivity contribution in [2.75, 3.05) is 16.6 Å². The van der Waals surface area contributed by atoms with Gasteiger partial charge in [0.05, 0.1) is 18.2 Å². The van der Waals surface area contributed by atoms with Crippen molar-refractivity contribution >= 4 is 21.9 Å². The highest BCUT2D eigenvalue weighted by Crippen LogP contribution is 2.15. The van der Waals surface area contributed by atoms with E-state index in [4.69, 9.17) is 5.11 Å². The normalized spacial score (nSPS) is 13.2. The first kappa shape index (κ1) is 15.4. The van der Waals surface area contributed by atoms with E-state index in [0.717, 1.165) is 10.7 Å². The van der Waals surface area contributed by atoms with Gasteiger partial charge in [0.25, 0.3) is 0 Å². The molecule has 1 rings (SSSR count). The van der Waals surface area contributed by atoms with Gasteiger partial charge in [0.1, 0.15) is 6.33 Å². The smallest absolute Gasteiger partial charge is 0.308 e. The number of unbranched alkanes of at least 4 members (excludes halogenated alkanes) is 1. The van der Waals surface area contributed by atoms with Gasteiger partial charge >= 0.3 is 5.97 Å². The number of hydrogen-bond donors (Lipinski definition) is 2. The monoisotopic (exact) mass is 290 g/mol. The van der Waals surface area contributed by atoms with Crippen molar-refractivity contribution in [2.24, 2.45) is 5.92 Å². The third-order valence-corrected chi connectivity index (χ3v) is 4.39. The van der Waals surface area contributed by atoms with Crippen LogP contribution < -0.4 is 4.31 Å². The van der Waals surface area contributed by atoms with Gasteiger partial charge in [-0.3, -0.25) is 4.79 Å². The summed E-state index contributed by atoms with van der Waals surface area (Å²) in [5, 5.41) is 15.0. The van der Waals surface area contributed by atoms with Crippen LogP contribution in [0.1, 0.15) is 26.7 Å². The molecule has 1 atom stereocenters. The van der Waals surface area contributed by atoms with Gasteiger partial charge in [-0.25, -0.2) is 17.8 Å². The maximum Gasteiger partial charge on any atom is 0.308 e. The summed E-state index contributed by atoms with van der Waals surface area (Å²) in [5.74, 6) is -1.89. The Morgan fingerprint density at radius 3 is 2.74 bits per heavy atom. The number of sulfonamides is 1. The Morgan fingerprint density at radius 1 is 1.58 bits per heavy atom. The molecular weight excluding hydrogens is 272 g/mol. The van der Waals surface area contributed by atoms with Gasteiger partial charge in [0.15, 0.2) is 0 Å². The minimum absolute atomic E-state index is 0.0451. The number of hydrogen-bond acceptors (Lipinski definition) is 5. The van der Waals surface area contributed by atoms with Crippen LogP contribution in [0.2, 0.25) is 0 Å². The number of anilines is 1. The molecule has 0 amide bonds. The SMILES string of the molecule is CCCCS(=O)(=O)N(CC(C)C(=O)O)c1ncn[nH]1. The second-order valence-corrected chi connectivity index (χ2v) is 6.26. The maximum absolute atomic E-state index is 12.2. The molecular formula is C10H18N4O4S. The summed E-state index contributed by atoms with van der Waals surface area (Å²) < 4.78 is 25.4. The second-order valence-electron chi connectivity index (χ2n) is 4.25. The zero-order chi connectivity index (χ0) is 14.5. The van der Waals surface area contributed by atoms with Crippen LogP contribution in [-0.2, 0) is 14.8 Å². The molecule has 9 heteroatoms. The molecule has 0 spiro atoms. The first-order chi connectivity index (χ1) is 8.88. The quantitative estimate of drug-likeness (QED) is 0.718. The van der Waals surface area contributed by atoms with Gasteiger partial charge in [-0.05, 0) is 6.42 Å². The topological polar surface area (TPSA) is 116 Å². The molecule has 19 heavy (non-hydrogen) atoms. The van der Waals surface area contributed by atoms with Crippen LogP contribution in [0.4, 0.5) is 5.95 Å². The van der Waals surface area contributed by atoms with Crippen molar-refractivity contribution in [1.29, 1.82) is 0 Å². The van der Waals surface area contributed by atoms with Crippen LogP contribution >= 0.6 is 0 Å². The van der Waals surface area contributed by atoms with Gasteiger partial charge in [-0.1, -0.05) is 20.3 Å². The molecule has 0 aliphatic heterocycles. The van der Waals surface area contributed by atoms with Crippen LogP contribution in [0.3, 0.4) is 0 Å². The average Bonchev–Trinajstić information content (AvgIpc) is 2.86. The van der Waals surface area contributed by atoms with E-state index in [-0.39, 0.29) is 18.2 Å². The number of nitrogens with zero attached hydrogens (tertiary/aromatic N) is 3. The molecule has 1 heterocycles. The number of carbonyl (C=O) groups is 1. The molecule has 0 aromatic carbocycles. The van der Waals surface area contributed by atoms with Gasteiger partial charge in [-0.2, -0.15) is 10.1 Å². The molecule has 0 saturated heterocycles. The van der Waals surface area contributed by atoms with Crippen LogP contribution in [0.15, 0.2) is 6.33 Å². The van der Waals surface area contributed by atoms with Crippen molar-refractivity contribution in [3.05, 3.63) is 6.33 Å². The zero-order valence-corrected chi connectivity index (χ0v) is 11.7. The number of carboxylic acids is 1. The molecule has 1 unspecified atom stereocenters. The average molecular weight is 290 g/mol. The molecule has 1 aromatic heterocycles. The lowest BCUT2D eigenvalue weighted by atomic mass is 10.2. The summed E-state index contributed by atoms with van der Waals surface area (Å²) in [6.07, 6.45) is 2.43. The largest absolute Gasteiger partial charge is 0.481 e. The van der Waals surface area contributed by atoms with Crippen LogP contribution in [0, 0.1) is 5.92 Å². The van der Waals surface area contributed by atoms with Gasteiger partial charge in [-0.15, -0.1) is 0 Å². The first-order valence-corrected chi connectivity index (χ1v) is 7.58. The third kappa shape index (κ3) is 4.19. The zero-order valence-electron chi connectivity index (χ0n) is 10.9. The summed E-state index contributed by atoms with van der Waals surface area (Å²) in [5.41, 5.74) is 0. The summed E-state index contributed by atoms with van der Waals surface area (Å²) in [6.45, 7) is 3.16. The van der Waals surface area contributed by atoms with Crippen molar-refractivity contribution < 1.29 is 18.3 Å². The Labute approximate surface area is 111 Å². The molecule has 0 fully saturated rings. The predicted octanol–water partition coefficient (Wildman–Crippen LogP) is 0.462. The van der Waals surface area contributed by atoms with Crippen molar-refractivity contribution in [2.45, 2.75) is 26.7 Å². The summed E-state index contributed by atoms with van der Waals surface area (Å²) in [7, 11) is -3.60. The molecule has 0 saturated carbocycles. The van der Waals surface area contributed by atoms with Gasteiger partial charge in [0, 0.05) is 0 Å². The lowest BCUT2D eigenvalue weighted by molar-refractivity contribution is -0.140.